The van der Waals surface area contributed by atoms with Crippen LogP contribution in [-0.2, 0) is 37.5 Å². The van der Waals surface area contributed by atoms with Gasteiger partial charge in [0.15, 0.2) is 0 Å². The van der Waals surface area contributed by atoms with Crippen molar-refractivity contribution in [3.05, 3.63) is 28.3 Å². The summed E-state index contributed by atoms with van der Waals surface area (Å²) >= 11 is 6.11. The largest absolute Gasteiger partial charge is 0.322 e. The first-order valence-corrected chi connectivity index (χ1v) is 11.7. The first-order chi connectivity index (χ1) is 10.9. The van der Waals surface area contributed by atoms with Gasteiger partial charge >= 0.3 is 0 Å². The maximum absolute atomic E-state index is 13.1. The molecule has 0 bridgehead atoms. The second-order valence-electron chi connectivity index (χ2n) is 6.90. The van der Waals surface area contributed by atoms with E-state index in [4.69, 9.17) is 11.6 Å². The molecule has 131 valence electrons. The Morgan fingerprint density at radius 1 is 1.21 bits per heavy atom. The zero-order chi connectivity index (χ0) is 17.0. The molecule has 2 nitrogen and oxygen atoms in total. The minimum Gasteiger partial charge on any atom is -0.322 e. The van der Waals surface area contributed by atoms with Gasteiger partial charge in [0, 0.05) is 50.7 Å². The summed E-state index contributed by atoms with van der Waals surface area (Å²) in [5.74, 6) is 0.248. The van der Waals surface area contributed by atoms with Crippen molar-refractivity contribution in [1.82, 2.24) is 0 Å². The fraction of sp³-hybridized carbons (Fsp3) is 0.632. The maximum Gasteiger partial charge on any atom is 0.265 e. The molecule has 1 fully saturated rings. The molecule has 1 amide bonds. The normalized spacial score (nSPS) is 17.2. The van der Waals surface area contributed by atoms with E-state index < -0.39 is 7.26 Å². The van der Waals surface area contributed by atoms with E-state index in [2.05, 4.69) is 19.2 Å². The topological polar surface area (TPSA) is 29.1 Å². The smallest absolute Gasteiger partial charge is 0.265 e. The molecular formula is C19H30ClNOPY+. The monoisotopic (exact) mass is 443 g/mol. The van der Waals surface area contributed by atoms with Gasteiger partial charge in [-0.15, -0.1) is 0 Å². The molecular weight excluding hydrogens is 414 g/mol. The molecule has 1 atom stereocenters. The number of nitrogens with one attached hydrogen (secondary N) is 1. The molecule has 1 aromatic rings. The van der Waals surface area contributed by atoms with Gasteiger partial charge in [-0.1, -0.05) is 24.9 Å². The van der Waals surface area contributed by atoms with Crippen molar-refractivity contribution in [3.63, 3.8) is 0 Å². The number of hydrogen-bond acceptors (Lipinski definition) is 1. The van der Waals surface area contributed by atoms with Crippen LogP contribution in [0.5, 0.6) is 0 Å². The maximum atomic E-state index is 13.1. The predicted molar refractivity (Wildman–Crippen MR) is 105 cm³/mol. The van der Waals surface area contributed by atoms with E-state index in [9.17, 15) is 4.79 Å². The third-order valence-electron chi connectivity index (χ3n) is 5.36. The summed E-state index contributed by atoms with van der Waals surface area (Å²) in [5.41, 5.74) is 3.28. The molecule has 0 aromatic heterocycles. The van der Waals surface area contributed by atoms with Crippen LogP contribution < -0.4 is 5.32 Å². The Hall–Kier alpha value is 0.514. The quantitative estimate of drug-likeness (QED) is 0.545. The zero-order valence-corrected chi connectivity index (χ0v) is 20.0. The van der Waals surface area contributed by atoms with E-state index in [1.165, 1.54) is 31.3 Å². The molecule has 24 heavy (non-hydrogen) atoms. The van der Waals surface area contributed by atoms with E-state index in [0.29, 0.717) is 0 Å². The molecule has 1 aliphatic rings. The summed E-state index contributed by atoms with van der Waals surface area (Å²) < 4.78 is 0. The van der Waals surface area contributed by atoms with Crippen LogP contribution in [0.15, 0.2) is 12.1 Å². The average molecular weight is 444 g/mol. The Morgan fingerprint density at radius 2 is 1.75 bits per heavy atom. The van der Waals surface area contributed by atoms with E-state index in [0.717, 1.165) is 34.7 Å². The van der Waals surface area contributed by atoms with Gasteiger partial charge in [0.2, 0.25) is 0 Å². The third-order valence-corrected chi connectivity index (χ3v) is 11.1. The standard InChI is InChI=1S/C19H29ClNOP.Y/c1-5-9-17(23(6-2)10-7-8-11-23)19(22)21-18-14(3)12-16(20)13-15(18)4;/h12-13,17H,5-11H2,1-4H3;/p+1. The Bertz CT molecular complexity index is 549. The van der Waals surface area contributed by atoms with Gasteiger partial charge in [0.05, 0.1) is 18.5 Å². The first kappa shape index (κ1) is 22.6. The number of carbonyl (C=O) groups is 1. The van der Waals surface area contributed by atoms with Gasteiger partial charge in [-0.25, -0.2) is 0 Å². The van der Waals surface area contributed by atoms with Crippen LogP contribution in [0.2, 0.25) is 5.02 Å². The molecule has 1 aliphatic heterocycles. The summed E-state index contributed by atoms with van der Waals surface area (Å²) in [4.78, 5) is 13.1. The van der Waals surface area contributed by atoms with Crippen LogP contribution in [0.1, 0.15) is 50.7 Å². The number of benzene rings is 1. The number of hydrogen-bond donors (Lipinski definition) is 1. The second-order valence-corrected chi connectivity index (χ2v) is 11.9. The average Bonchev–Trinajstić information content (AvgIpc) is 2.98. The number of amides is 1. The summed E-state index contributed by atoms with van der Waals surface area (Å²) in [7, 11) is -1.13. The molecule has 1 aromatic carbocycles. The van der Waals surface area contributed by atoms with Crippen LogP contribution in [-0.4, -0.2) is 30.1 Å². The van der Waals surface area contributed by atoms with Crippen molar-refractivity contribution in [3.8, 4) is 0 Å². The van der Waals surface area contributed by atoms with Crippen molar-refractivity contribution in [2.24, 2.45) is 0 Å². The Balaban J connectivity index is 0.00000288. The van der Waals surface area contributed by atoms with E-state index in [1.807, 2.05) is 26.0 Å². The number of carbonyl (C=O) groups excluding carboxylic acids is 1. The van der Waals surface area contributed by atoms with E-state index in [1.54, 1.807) is 0 Å². The van der Waals surface area contributed by atoms with Crippen molar-refractivity contribution >= 4 is 30.5 Å². The van der Waals surface area contributed by atoms with Crippen molar-refractivity contribution in [2.45, 2.75) is 59.0 Å². The summed E-state index contributed by atoms with van der Waals surface area (Å²) in [6.07, 6.45) is 8.56. The molecule has 1 saturated heterocycles. The Morgan fingerprint density at radius 3 is 2.21 bits per heavy atom. The van der Waals surface area contributed by atoms with E-state index in [-0.39, 0.29) is 44.3 Å². The number of anilines is 1. The van der Waals surface area contributed by atoms with Gasteiger partial charge in [-0.3, -0.25) is 4.79 Å². The fourth-order valence-electron chi connectivity index (χ4n) is 4.05. The second kappa shape index (κ2) is 10.0. The van der Waals surface area contributed by atoms with Crippen molar-refractivity contribution in [1.29, 1.82) is 0 Å². The number of halogens is 1. The molecule has 1 heterocycles. The molecule has 1 radical (unpaired) electrons. The summed E-state index contributed by atoms with van der Waals surface area (Å²) in [6.45, 7) is 8.53. The molecule has 0 spiro atoms. The van der Waals surface area contributed by atoms with Gasteiger partial charge < -0.3 is 5.32 Å². The predicted octanol–water partition coefficient (Wildman–Crippen LogP) is 5.89. The number of rotatable bonds is 6. The van der Waals surface area contributed by atoms with Gasteiger partial charge in [-0.05, 0) is 63.3 Å². The van der Waals surface area contributed by atoms with Crippen LogP contribution in [0.3, 0.4) is 0 Å². The molecule has 1 unspecified atom stereocenters. The van der Waals surface area contributed by atoms with Crippen LogP contribution in [0.4, 0.5) is 5.69 Å². The minimum absolute atomic E-state index is 0. The summed E-state index contributed by atoms with van der Waals surface area (Å²) in [5, 5.41) is 3.99. The number of aryl methyl sites for hydroxylation is 2. The van der Waals surface area contributed by atoms with Crippen LogP contribution in [0.25, 0.3) is 0 Å². The first-order valence-electron chi connectivity index (χ1n) is 8.87. The molecule has 0 saturated carbocycles. The zero-order valence-electron chi connectivity index (χ0n) is 15.5. The summed E-state index contributed by atoms with van der Waals surface area (Å²) in [6, 6.07) is 3.86. The van der Waals surface area contributed by atoms with Gasteiger partial charge in [-0.2, -0.15) is 0 Å². The van der Waals surface area contributed by atoms with Crippen molar-refractivity contribution < 1.29 is 37.5 Å². The SMILES string of the molecule is CCCC(C(=O)Nc1c(C)cc(Cl)cc1C)[P+]1(CC)CCCC1.[Y]. The molecule has 5 heteroatoms. The van der Waals surface area contributed by atoms with E-state index >= 15 is 0 Å². The van der Waals surface area contributed by atoms with Crippen molar-refractivity contribution in [2.75, 3.05) is 23.8 Å². The Kier molecular flexibility index (Phi) is 9.40. The Labute approximate surface area is 178 Å². The molecule has 1 N–H and O–H groups in total. The fourth-order valence-corrected chi connectivity index (χ4v) is 9.38. The minimum atomic E-state index is -1.13. The third kappa shape index (κ3) is 5.03. The molecule has 2 rings (SSSR count). The van der Waals surface area contributed by atoms with Crippen LogP contribution in [0, 0.1) is 13.8 Å². The van der Waals surface area contributed by atoms with Gasteiger partial charge in [0.25, 0.3) is 5.91 Å². The van der Waals surface area contributed by atoms with Crippen LogP contribution >= 0.6 is 18.9 Å². The molecule has 0 aliphatic carbocycles. The van der Waals surface area contributed by atoms with Gasteiger partial charge in [0.1, 0.15) is 5.66 Å².